The van der Waals surface area contributed by atoms with Crippen LogP contribution in [0.3, 0.4) is 0 Å². The van der Waals surface area contributed by atoms with Gasteiger partial charge in [0, 0.05) is 26.2 Å². The van der Waals surface area contributed by atoms with Crippen LogP contribution < -0.4 is 5.32 Å². The zero-order valence-corrected chi connectivity index (χ0v) is 15.3. The highest BCUT2D eigenvalue weighted by Crippen LogP contribution is 2.39. The Bertz CT molecular complexity index is 828. The Labute approximate surface area is 163 Å². The van der Waals surface area contributed by atoms with Gasteiger partial charge >= 0.3 is 12.4 Å². The molecule has 0 aliphatic carbocycles. The van der Waals surface area contributed by atoms with Crippen LogP contribution in [0.2, 0.25) is 5.02 Å². The molecule has 2 aromatic rings. The monoisotopic (exact) mass is 422 g/mol. The lowest BCUT2D eigenvalue weighted by molar-refractivity contribution is -0.138. The third-order valence-corrected chi connectivity index (χ3v) is 4.99. The van der Waals surface area contributed by atoms with Gasteiger partial charge in [-0.1, -0.05) is 29.8 Å². The summed E-state index contributed by atoms with van der Waals surface area (Å²) < 4.78 is 79.4. The molecule has 3 rings (SSSR count). The van der Waals surface area contributed by atoms with E-state index >= 15 is 0 Å². The van der Waals surface area contributed by atoms with Gasteiger partial charge in [-0.25, -0.2) is 0 Å². The lowest BCUT2D eigenvalue weighted by atomic mass is 9.93. The van der Waals surface area contributed by atoms with Crippen molar-refractivity contribution >= 4 is 11.6 Å². The third-order valence-electron chi connectivity index (χ3n) is 4.66. The Balaban J connectivity index is 2.11. The van der Waals surface area contributed by atoms with Crippen molar-refractivity contribution in [3.05, 3.63) is 69.7 Å². The predicted octanol–water partition coefficient (Wildman–Crippen LogP) is 5.37. The van der Waals surface area contributed by atoms with Crippen LogP contribution >= 0.6 is 11.6 Å². The number of nitrogens with one attached hydrogen (secondary N) is 1. The molecule has 2 nitrogen and oxygen atoms in total. The van der Waals surface area contributed by atoms with E-state index in [-0.39, 0.29) is 11.1 Å². The van der Waals surface area contributed by atoms with Gasteiger partial charge in [0.2, 0.25) is 0 Å². The first kappa shape index (κ1) is 21.0. The standard InChI is InChI=1S/C19H17ClF6N2/c20-16-5-4-13(11-15(16)19(24,25)26)17(28-8-6-27-7-9-28)12-2-1-3-14(10-12)18(21,22)23/h1-5,10-11,17,27H,6-9H2. The zero-order valence-electron chi connectivity index (χ0n) is 14.5. The van der Waals surface area contributed by atoms with E-state index in [0.29, 0.717) is 26.2 Å². The van der Waals surface area contributed by atoms with Crippen molar-refractivity contribution in [1.82, 2.24) is 10.2 Å². The van der Waals surface area contributed by atoms with Crippen LogP contribution in [-0.4, -0.2) is 31.1 Å². The fourth-order valence-corrected chi connectivity index (χ4v) is 3.59. The Morgan fingerprint density at radius 2 is 1.50 bits per heavy atom. The summed E-state index contributed by atoms with van der Waals surface area (Å²) in [4.78, 5) is 1.87. The van der Waals surface area contributed by atoms with Crippen molar-refractivity contribution in [3.63, 3.8) is 0 Å². The highest BCUT2D eigenvalue weighted by molar-refractivity contribution is 6.31. The van der Waals surface area contributed by atoms with E-state index in [1.807, 2.05) is 4.90 Å². The van der Waals surface area contributed by atoms with E-state index in [1.54, 1.807) is 0 Å². The SMILES string of the molecule is FC(F)(F)c1cccc(C(c2ccc(Cl)c(C(F)(F)F)c2)N2CCNCC2)c1. The Morgan fingerprint density at radius 3 is 2.11 bits per heavy atom. The molecule has 1 atom stereocenters. The summed E-state index contributed by atoms with van der Waals surface area (Å²) in [5, 5.41) is 2.69. The second-order valence-corrected chi connectivity index (χ2v) is 6.96. The smallest absolute Gasteiger partial charge is 0.314 e. The highest BCUT2D eigenvalue weighted by Gasteiger charge is 2.36. The minimum Gasteiger partial charge on any atom is -0.314 e. The minimum atomic E-state index is -4.66. The summed E-state index contributed by atoms with van der Waals surface area (Å²) in [5.74, 6) is 0. The van der Waals surface area contributed by atoms with Crippen LogP contribution in [0.15, 0.2) is 42.5 Å². The molecule has 1 fully saturated rings. The molecular formula is C19H17ClF6N2. The maximum absolute atomic E-state index is 13.3. The van der Waals surface area contributed by atoms with Crippen LogP contribution in [0.5, 0.6) is 0 Å². The first-order chi connectivity index (χ1) is 13.1. The van der Waals surface area contributed by atoms with Gasteiger partial charge in [-0.2, -0.15) is 26.3 Å². The van der Waals surface area contributed by atoms with E-state index < -0.39 is 34.5 Å². The molecule has 152 valence electrons. The second kappa shape index (κ2) is 7.93. The average molecular weight is 423 g/mol. The number of hydrogen-bond acceptors (Lipinski definition) is 2. The molecule has 1 aliphatic rings. The molecule has 0 amide bonds. The van der Waals surface area contributed by atoms with Crippen molar-refractivity contribution in [2.45, 2.75) is 18.4 Å². The van der Waals surface area contributed by atoms with E-state index in [4.69, 9.17) is 11.6 Å². The molecule has 0 spiro atoms. The van der Waals surface area contributed by atoms with E-state index in [0.717, 1.165) is 24.3 Å². The van der Waals surface area contributed by atoms with Crippen molar-refractivity contribution in [3.8, 4) is 0 Å². The molecule has 1 N–H and O–H groups in total. The second-order valence-electron chi connectivity index (χ2n) is 6.55. The number of piperazine rings is 1. The number of benzene rings is 2. The van der Waals surface area contributed by atoms with Crippen molar-refractivity contribution < 1.29 is 26.3 Å². The van der Waals surface area contributed by atoms with E-state index in [2.05, 4.69) is 5.32 Å². The van der Waals surface area contributed by atoms with Gasteiger partial charge in [-0.15, -0.1) is 0 Å². The highest BCUT2D eigenvalue weighted by atomic mass is 35.5. The molecule has 1 saturated heterocycles. The maximum Gasteiger partial charge on any atom is 0.417 e. The summed E-state index contributed by atoms with van der Waals surface area (Å²) in [7, 11) is 0. The van der Waals surface area contributed by atoms with E-state index in [1.165, 1.54) is 18.2 Å². The van der Waals surface area contributed by atoms with Gasteiger partial charge in [0.15, 0.2) is 0 Å². The number of hydrogen-bond donors (Lipinski definition) is 1. The lowest BCUT2D eigenvalue weighted by Gasteiger charge is -2.36. The average Bonchev–Trinajstić information content (AvgIpc) is 2.63. The molecule has 1 heterocycles. The van der Waals surface area contributed by atoms with Crippen LogP contribution in [0.1, 0.15) is 28.3 Å². The molecule has 1 aliphatic heterocycles. The van der Waals surface area contributed by atoms with Gasteiger partial charge in [-0.3, -0.25) is 4.90 Å². The molecule has 28 heavy (non-hydrogen) atoms. The fourth-order valence-electron chi connectivity index (χ4n) is 3.37. The summed E-state index contributed by atoms with van der Waals surface area (Å²) in [5.41, 5.74) is -1.31. The zero-order chi connectivity index (χ0) is 20.5. The molecule has 2 aromatic carbocycles. The van der Waals surface area contributed by atoms with Crippen LogP contribution in [0.25, 0.3) is 0 Å². The summed E-state index contributed by atoms with van der Waals surface area (Å²) in [6.07, 6.45) is -9.20. The van der Waals surface area contributed by atoms with Crippen molar-refractivity contribution in [1.29, 1.82) is 0 Å². The van der Waals surface area contributed by atoms with Crippen LogP contribution in [0, 0.1) is 0 Å². The quantitative estimate of drug-likeness (QED) is 0.669. The topological polar surface area (TPSA) is 15.3 Å². The van der Waals surface area contributed by atoms with Gasteiger partial charge in [0.1, 0.15) is 0 Å². The van der Waals surface area contributed by atoms with Gasteiger partial charge in [0.25, 0.3) is 0 Å². The Morgan fingerprint density at radius 1 is 0.857 bits per heavy atom. The van der Waals surface area contributed by atoms with Gasteiger partial charge < -0.3 is 5.32 Å². The summed E-state index contributed by atoms with van der Waals surface area (Å²) in [6, 6.07) is 7.47. The predicted molar refractivity (Wildman–Crippen MR) is 94.2 cm³/mol. The van der Waals surface area contributed by atoms with E-state index in [9.17, 15) is 26.3 Å². The van der Waals surface area contributed by atoms with Crippen LogP contribution in [0.4, 0.5) is 26.3 Å². The number of rotatable bonds is 3. The minimum absolute atomic E-state index is 0.248. The van der Waals surface area contributed by atoms with Crippen LogP contribution in [-0.2, 0) is 12.4 Å². The lowest BCUT2D eigenvalue weighted by Crippen LogP contribution is -2.45. The third kappa shape index (κ3) is 4.61. The molecule has 9 heteroatoms. The number of nitrogens with zero attached hydrogens (tertiary/aromatic N) is 1. The van der Waals surface area contributed by atoms with Crippen molar-refractivity contribution in [2.24, 2.45) is 0 Å². The summed E-state index contributed by atoms with van der Waals surface area (Å²) in [6.45, 7) is 2.17. The van der Waals surface area contributed by atoms with Gasteiger partial charge in [0.05, 0.1) is 22.2 Å². The molecule has 0 aromatic heterocycles. The largest absolute Gasteiger partial charge is 0.417 e. The first-order valence-electron chi connectivity index (χ1n) is 8.56. The maximum atomic E-state index is 13.3. The fraction of sp³-hybridized carbons (Fsp3) is 0.368. The summed E-state index contributed by atoms with van der Waals surface area (Å²) >= 11 is 5.71. The number of halogens is 7. The Kier molecular flexibility index (Phi) is 5.93. The van der Waals surface area contributed by atoms with Gasteiger partial charge in [-0.05, 0) is 35.4 Å². The molecule has 0 radical (unpaired) electrons. The molecule has 0 saturated carbocycles. The molecule has 1 unspecified atom stereocenters. The Hall–Kier alpha value is -1.77. The normalized spacial score (nSPS) is 17.5. The molecular weight excluding hydrogens is 406 g/mol. The first-order valence-corrected chi connectivity index (χ1v) is 8.94. The number of alkyl halides is 6. The molecule has 0 bridgehead atoms. The van der Waals surface area contributed by atoms with Crippen molar-refractivity contribution in [2.75, 3.05) is 26.2 Å².